The summed E-state index contributed by atoms with van der Waals surface area (Å²) >= 11 is 0. The lowest BCUT2D eigenvalue weighted by molar-refractivity contribution is -0.870. The van der Waals surface area contributed by atoms with Crippen LogP contribution in [0.4, 0.5) is 5.69 Å². The minimum atomic E-state index is -0.405. The van der Waals surface area contributed by atoms with Crippen molar-refractivity contribution in [2.24, 2.45) is 0 Å². The Morgan fingerprint density at radius 1 is 1.05 bits per heavy atom. The number of quaternary nitrogens is 1. The topological polar surface area (TPSA) is 52.4 Å². The van der Waals surface area contributed by atoms with E-state index in [9.17, 15) is 10.1 Å². The number of ether oxygens (including phenoxy) is 1. The minimum absolute atomic E-state index is 0.0951. The second-order valence-corrected chi connectivity index (χ2v) is 6.03. The molecule has 0 aliphatic heterocycles. The Morgan fingerprint density at radius 3 is 2.20 bits per heavy atom. The summed E-state index contributed by atoms with van der Waals surface area (Å²) in [6, 6.07) is 6.23. The second-order valence-electron chi connectivity index (χ2n) is 6.03. The molecular formula is C15H25N2O3+. The maximum absolute atomic E-state index is 10.5. The molecule has 1 rings (SSSR count). The number of nitrogens with zero attached hydrogens (tertiary/aromatic N) is 2. The third kappa shape index (κ3) is 7.09. The lowest BCUT2D eigenvalue weighted by Crippen LogP contribution is -2.35. The number of unbranched alkanes of at least 4 members (excludes halogenated alkanes) is 3. The molecule has 0 saturated heterocycles. The standard InChI is InChI=1S/C15H25N2O3/c1-17(2,3)12-6-4-5-7-13-20-15-10-8-14(9-11-15)16(18)19/h8-11H,4-7,12-13H2,1-3H3/q+1. The Hall–Kier alpha value is -1.62. The smallest absolute Gasteiger partial charge is 0.269 e. The third-order valence-electron chi connectivity index (χ3n) is 3.04. The molecule has 1 aromatic rings. The molecule has 0 unspecified atom stereocenters. The number of non-ortho nitro benzene ring substituents is 1. The Labute approximate surface area is 120 Å². The number of benzene rings is 1. The highest BCUT2D eigenvalue weighted by atomic mass is 16.6. The molecule has 0 aliphatic carbocycles. The number of nitro benzene ring substituents is 1. The summed E-state index contributed by atoms with van der Waals surface area (Å²) in [5.74, 6) is 0.696. The molecular weight excluding hydrogens is 256 g/mol. The largest absolute Gasteiger partial charge is 0.494 e. The summed E-state index contributed by atoms with van der Waals surface area (Å²) in [5, 5.41) is 10.5. The van der Waals surface area contributed by atoms with E-state index < -0.39 is 4.92 Å². The van der Waals surface area contributed by atoms with Crippen molar-refractivity contribution in [3.05, 3.63) is 34.4 Å². The van der Waals surface area contributed by atoms with Crippen molar-refractivity contribution in [3.8, 4) is 5.75 Å². The van der Waals surface area contributed by atoms with Gasteiger partial charge in [-0.1, -0.05) is 0 Å². The highest BCUT2D eigenvalue weighted by molar-refractivity contribution is 5.35. The first-order chi connectivity index (χ1) is 9.38. The fraction of sp³-hybridized carbons (Fsp3) is 0.600. The van der Waals surface area contributed by atoms with Gasteiger partial charge in [0, 0.05) is 12.1 Å². The van der Waals surface area contributed by atoms with Gasteiger partial charge >= 0.3 is 0 Å². The molecule has 0 amide bonds. The predicted molar refractivity (Wildman–Crippen MR) is 80.0 cm³/mol. The van der Waals surface area contributed by atoms with Gasteiger partial charge in [-0.3, -0.25) is 10.1 Å². The second kappa shape index (κ2) is 7.85. The van der Waals surface area contributed by atoms with Crippen molar-refractivity contribution in [1.29, 1.82) is 0 Å². The summed E-state index contributed by atoms with van der Waals surface area (Å²) < 4.78 is 6.57. The van der Waals surface area contributed by atoms with Gasteiger partial charge in [0.1, 0.15) is 5.75 Å². The van der Waals surface area contributed by atoms with Crippen LogP contribution in [0.15, 0.2) is 24.3 Å². The molecule has 0 N–H and O–H groups in total. The summed E-state index contributed by atoms with van der Waals surface area (Å²) in [7, 11) is 6.62. The maximum atomic E-state index is 10.5. The van der Waals surface area contributed by atoms with E-state index in [0.29, 0.717) is 12.4 Å². The lowest BCUT2D eigenvalue weighted by atomic mass is 10.2. The van der Waals surface area contributed by atoms with E-state index in [1.807, 2.05) is 0 Å². The number of rotatable bonds is 9. The Kier molecular flexibility index (Phi) is 6.45. The number of hydrogen-bond donors (Lipinski definition) is 0. The van der Waals surface area contributed by atoms with Crippen LogP contribution >= 0.6 is 0 Å². The highest BCUT2D eigenvalue weighted by Gasteiger charge is 2.06. The van der Waals surface area contributed by atoms with Gasteiger partial charge in [0.05, 0.1) is 39.2 Å². The number of nitro groups is 1. The van der Waals surface area contributed by atoms with Gasteiger partial charge in [-0.25, -0.2) is 0 Å². The first-order valence-corrected chi connectivity index (χ1v) is 7.06. The normalized spacial score (nSPS) is 11.3. The van der Waals surface area contributed by atoms with E-state index in [1.165, 1.54) is 31.5 Å². The maximum Gasteiger partial charge on any atom is 0.269 e. The Morgan fingerprint density at radius 2 is 1.65 bits per heavy atom. The highest BCUT2D eigenvalue weighted by Crippen LogP contribution is 2.17. The van der Waals surface area contributed by atoms with Crippen LogP contribution in [0.25, 0.3) is 0 Å². The molecule has 5 heteroatoms. The zero-order valence-corrected chi connectivity index (χ0v) is 12.7. The van der Waals surface area contributed by atoms with Gasteiger partial charge < -0.3 is 9.22 Å². The molecule has 0 saturated carbocycles. The first-order valence-electron chi connectivity index (χ1n) is 7.06. The van der Waals surface area contributed by atoms with Crippen LogP contribution in [0.5, 0.6) is 5.75 Å². The van der Waals surface area contributed by atoms with Crippen LogP contribution in [-0.4, -0.2) is 43.7 Å². The zero-order chi connectivity index (χ0) is 15.0. The van der Waals surface area contributed by atoms with E-state index in [2.05, 4.69) is 21.1 Å². The monoisotopic (exact) mass is 281 g/mol. The van der Waals surface area contributed by atoms with E-state index >= 15 is 0 Å². The van der Waals surface area contributed by atoms with Crippen LogP contribution in [-0.2, 0) is 0 Å². The van der Waals surface area contributed by atoms with E-state index in [-0.39, 0.29) is 5.69 Å². The average molecular weight is 281 g/mol. The first kappa shape index (κ1) is 16.4. The quantitative estimate of drug-likeness (QED) is 0.302. The molecule has 0 fully saturated rings. The molecule has 0 aromatic heterocycles. The predicted octanol–water partition coefficient (Wildman–Crippen LogP) is 3.24. The average Bonchev–Trinajstić information content (AvgIpc) is 2.37. The fourth-order valence-corrected chi connectivity index (χ4v) is 1.90. The Bertz CT molecular complexity index is 410. The summed E-state index contributed by atoms with van der Waals surface area (Å²) in [6.45, 7) is 1.87. The summed E-state index contributed by atoms with van der Waals surface area (Å²) in [6.07, 6.45) is 4.64. The molecule has 1 aromatic carbocycles. The Balaban J connectivity index is 2.11. The molecule has 0 spiro atoms. The van der Waals surface area contributed by atoms with Gasteiger partial charge in [0.2, 0.25) is 0 Å². The van der Waals surface area contributed by atoms with Crippen molar-refractivity contribution in [2.45, 2.75) is 25.7 Å². The molecule has 5 nitrogen and oxygen atoms in total. The SMILES string of the molecule is C[N+](C)(C)CCCCCCOc1ccc([N+](=O)[O-])cc1. The van der Waals surface area contributed by atoms with Crippen LogP contribution in [0.3, 0.4) is 0 Å². The molecule has 0 bridgehead atoms. The van der Waals surface area contributed by atoms with Crippen molar-refractivity contribution < 1.29 is 14.1 Å². The molecule has 0 radical (unpaired) electrons. The number of hydrogen-bond acceptors (Lipinski definition) is 3. The van der Waals surface area contributed by atoms with E-state index in [1.54, 1.807) is 12.1 Å². The van der Waals surface area contributed by atoms with Crippen molar-refractivity contribution >= 4 is 5.69 Å². The van der Waals surface area contributed by atoms with Gasteiger partial charge in [-0.05, 0) is 37.8 Å². The summed E-state index contributed by atoms with van der Waals surface area (Å²) in [4.78, 5) is 10.1. The van der Waals surface area contributed by atoms with Crippen LogP contribution in [0, 0.1) is 10.1 Å². The van der Waals surface area contributed by atoms with Crippen LogP contribution in [0.1, 0.15) is 25.7 Å². The summed E-state index contributed by atoms with van der Waals surface area (Å²) in [5.41, 5.74) is 0.0951. The fourth-order valence-electron chi connectivity index (χ4n) is 1.90. The molecule has 0 heterocycles. The van der Waals surface area contributed by atoms with Crippen molar-refractivity contribution in [2.75, 3.05) is 34.3 Å². The van der Waals surface area contributed by atoms with Crippen molar-refractivity contribution in [3.63, 3.8) is 0 Å². The molecule has 0 aliphatic rings. The lowest BCUT2D eigenvalue weighted by Gasteiger charge is -2.23. The van der Waals surface area contributed by atoms with Gasteiger partial charge in [-0.2, -0.15) is 0 Å². The van der Waals surface area contributed by atoms with E-state index in [4.69, 9.17) is 4.74 Å². The zero-order valence-electron chi connectivity index (χ0n) is 12.7. The minimum Gasteiger partial charge on any atom is -0.494 e. The van der Waals surface area contributed by atoms with Gasteiger partial charge in [0.15, 0.2) is 0 Å². The van der Waals surface area contributed by atoms with E-state index in [0.717, 1.165) is 17.3 Å². The molecule has 20 heavy (non-hydrogen) atoms. The van der Waals surface area contributed by atoms with Crippen LogP contribution in [0.2, 0.25) is 0 Å². The van der Waals surface area contributed by atoms with Crippen molar-refractivity contribution in [1.82, 2.24) is 0 Å². The molecule has 112 valence electrons. The van der Waals surface area contributed by atoms with Gasteiger partial charge in [-0.15, -0.1) is 0 Å². The molecule has 0 atom stereocenters. The van der Waals surface area contributed by atoms with Gasteiger partial charge in [0.25, 0.3) is 5.69 Å². The third-order valence-corrected chi connectivity index (χ3v) is 3.04. The van der Waals surface area contributed by atoms with Crippen LogP contribution < -0.4 is 4.74 Å².